The van der Waals surface area contributed by atoms with Crippen molar-refractivity contribution in [2.75, 3.05) is 0 Å². The van der Waals surface area contributed by atoms with Gasteiger partial charge in [0.15, 0.2) is 0 Å². The Kier molecular flexibility index (Phi) is 8.64. The number of unbranched alkanes of at least 4 members (excludes halogenated alkanes) is 6. The first kappa shape index (κ1) is 17.9. The maximum atomic E-state index is 6.44. The molecule has 0 aliphatic rings. The minimum absolute atomic E-state index is 0.612. The normalized spacial score (nSPS) is 11.8. The van der Waals surface area contributed by atoms with Crippen molar-refractivity contribution in [1.82, 2.24) is 0 Å². The molecule has 0 amide bonds. The third kappa shape index (κ3) is 8.17. The Balaban J connectivity index is 2.19. The molecule has 2 heteroatoms. The van der Waals surface area contributed by atoms with E-state index in [4.69, 9.17) is 23.2 Å². The van der Waals surface area contributed by atoms with E-state index in [1.165, 1.54) is 49.7 Å². The van der Waals surface area contributed by atoms with Crippen LogP contribution in [0.4, 0.5) is 0 Å². The van der Waals surface area contributed by atoms with Gasteiger partial charge in [0.2, 0.25) is 0 Å². The molecule has 0 saturated heterocycles. The molecule has 0 heterocycles. The molecule has 1 rings (SSSR count). The molecule has 0 nitrogen and oxygen atoms in total. The van der Waals surface area contributed by atoms with Crippen LogP contribution in [-0.2, 0) is 6.42 Å². The van der Waals surface area contributed by atoms with Crippen molar-refractivity contribution in [3.05, 3.63) is 35.4 Å². The predicted molar refractivity (Wildman–Crippen MR) is 91.9 cm³/mol. The van der Waals surface area contributed by atoms with Gasteiger partial charge in [-0.2, -0.15) is 0 Å². The Morgan fingerprint density at radius 3 is 2.00 bits per heavy atom. The summed E-state index contributed by atoms with van der Waals surface area (Å²) in [4.78, 5) is 0. The first-order valence-corrected chi connectivity index (χ1v) is 8.72. The van der Waals surface area contributed by atoms with Gasteiger partial charge in [-0.05, 0) is 18.9 Å². The zero-order chi connectivity index (χ0) is 14.8. The van der Waals surface area contributed by atoms with E-state index in [0.29, 0.717) is 0 Å². The second-order valence-electron chi connectivity index (χ2n) is 5.89. The highest BCUT2D eigenvalue weighted by molar-refractivity contribution is 6.48. The van der Waals surface area contributed by atoms with Gasteiger partial charge in [0.1, 0.15) is 4.33 Å². The molecule has 0 aliphatic carbocycles. The lowest BCUT2D eigenvalue weighted by Crippen LogP contribution is -2.16. The molecule has 1 aromatic rings. The monoisotopic (exact) mass is 314 g/mol. The molecule has 0 saturated carbocycles. The summed E-state index contributed by atoms with van der Waals surface area (Å²) < 4.78 is -0.612. The van der Waals surface area contributed by atoms with Gasteiger partial charge in [-0.25, -0.2) is 0 Å². The van der Waals surface area contributed by atoms with Crippen molar-refractivity contribution >= 4 is 23.2 Å². The lowest BCUT2D eigenvalue weighted by molar-refractivity contribution is 0.553. The van der Waals surface area contributed by atoms with E-state index in [0.717, 1.165) is 19.3 Å². The van der Waals surface area contributed by atoms with Crippen LogP contribution < -0.4 is 0 Å². The summed E-state index contributed by atoms with van der Waals surface area (Å²) in [6.45, 7) is 4.34. The number of rotatable bonds is 10. The van der Waals surface area contributed by atoms with Crippen LogP contribution in [0.15, 0.2) is 24.3 Å². The molecule has 0 bridgehead atoms. The smallest absolute Gasteiger partial charge is 0.101 e. The van der Waals surface area contributed by atoms with Crippen LogP contribution in [0.2, 0.25) is 0 Å². The van der Waals surface area contributed by atoms with Crippen molar-refractivity contribution in [2.24, 2.45) is 0 Å². The van der Waals surface area contributed by atoms with Crippen molar-refractivity contribution in [3.8, 4) is 0 Å². The zero-order valence-corrected chi connectivity index (χ0v) is 14.4. The van der Waals surface area contributed by atoms with Crippen molar-refractivity contribution in [2.45, 2.75) is 76.0 Å². The predicted octanol–water partition coefficient (Wildman–Crippen LogP) is 6.85. The molecule has 0 fully saturated rings. The van der Waals surface area contributed by atoms with Crippen LogP contribution in [0.1, 0.15) is 69.4 Å². The SMILES string of the molecule is CCCCCCCCCC(Cl)(Cl)Cc1ccc(C)cc1. The Bertz CT molecular complexity index is 354. The van der Waals surface area contributed by atoms with Gasteiger partial charge in [0.25, 0.3) is 0 Å². The molecule has 0 unspecified atom stereocenters. The average Bonchev–Trinajstić information content (AvgIpc) is 2.40. The molecule has 0 aromatic heterocycles. The fraction of sp³-hybridized carbons (Fsp3) is 0.667. The molecular formula is C18H28Cl2. The maximum absolute atomic E-state index is 6.44. The number of halogens is 2. The Morgan fingerprint density at radius 1 is 0.850 bits per heavy atom. The molecule has 0 aliphatic heterocycles. The lowest BCUT2D eigenvalue weighted by atomic mass is 10.0. The van der Waals surface area contributed by atoms with E-state index in [9.17, 15) is 0 Å². The average molecular weight is 315 g/mol. The van der Waals surface area contributed by atoms with E-state index >= 15 is 0 Å². The van der Waals surface area contributed by atoms with Crippen molar-refractivity contribution < 1.29 is 0 Å². The molecular weight excluding hydrogens is 287 g/mol. The third-order valence-corrected chi connectivity index (χ3v) is 4.37. The molecule has 0 N–H and O–H groups in total. The molecule has 0 radical (unpaired) electrons. The summed E-state index contributed by atoms with van der Waals surface area (Å²) in [7, 11) is 0. The number of benzene rings is 1. The van der Waals surface area contributed by atoms with Crippen molar-refractivity contribution in [1.29, 1.82) is 0 Å². The quantitative estimate of drug-likeness (QED) is 0.327. The van der Waals surface area contributed by atoms with E-state index in [1.54, 1.807) is 0 Å². The van der Waals surface area contributed by atoms with Gasteiger partial charge in [-0.1, -0.05) is 81.7 Å². The van der Waals surface area contributed by atoms with Crippen LogP contribution in [0.5, 0.6) is 0 Å². The molecule has 0 atom stereocenters. The van der Waals surface area contributed by atoms with Gasteiger partial charge in [-0.15, -0.1) is 23.2 Å². The number of aryl methyl sites for hydroxylation is 1. The first-order chi connectivity index (χ1) is 9.53. The van der Waals surface area contributed by atoms with E-state index in [2.05, 4.69) is 38.1 Å². The summed E-state index contributed by atoms with van der Waals surface area (Å²) in [5.41, 5.74) is 2.50. The fourth-order valence-electron chi connectivity index (χ4n) is 2.43. The van der Waals surface area contributed by atoms with Crippen LogP contribution in [0.25, 0.3) is 0 Å². The molecule has 0 spiro atoms. The summed E-state index contributed by atoms with van der Waals surface area (Å²) in [5.74, 6) is 0. The van der Waals surface area contributed by atoms with E-state index in [1.807, 2.05) is 0 Å². The lowest BCUT2D eigenvalue weighted by Gasteiger charge is -2.19. The van der Waals surface area contributed by atoms with Crippen LogP contribution in [0.3, 0.4) is 0 Å². The van der Waals surface area contributed by atoms with Crippen LogP contribution in [0, 0.1) is 6.92 Å². The highest BCUT2D eigenvalue weighted by Gasteiger charge is 2.23. The summed E-state index contributed by atoms with van der Waals surface area (Å²) >= 11 is 12.9. The van der Waals surface area contributed by atoms with Crippen LogP contribution >= 0.6 is 23.2 Å². The minimum atomic E-state index is -0.612. The third-order valence-electron chi connectivity index (χ3n) is 3.73. The Hall–Kier alpha value is -0.200. The minimum Gasteiger partial charge on any atom is -0.101 e. The zero-order valence-electron chi connectivity index (χ0n) is 12.9. The molecule has 114 valence electrons. The van der Waals surface area contributed by atoms with Gasteiger partial charge in [-0.3, -0.25) is 0 Å². The van der Waals surface area contributed by atoms with Gasteiger partial charge < -0.3 is 0 Å². The van der Waals surface area contributed by atoms with Crippen molar-refractivity contribution in [3.63, 3.8) is 0 Å². The fourth-order valence-corrected chi connectivity index (χ4v) is 3.01. The van der Waals surface area contributed by atoms with Crippen LogP contribution in [-0.4, -0.2) is 4.33 Å². The second kappa shape index (κ2) is 9.68. The topological polar surface area (TPSA) is 0 Å². The summed E-state index contributed by atoms with van der Waals surface area (Å²) in [5, 5.41) is 0. The summed E-state index contributed by atoms with van der Waals surface area (Å²) in [6.07, 6.45) is 10.7. The molecule has 20 heavy (non-hydrogen) atoms. The molecule has 1 aromatic carbocycles. The number of hydrogen-bond acceptors (Lipinski definition) is 0. The van der Waals surface area contributed by atoms with E-state index in [-0.39, 0.29) is 0 Å². The van der Waals surface area contributed by atoms with E-state index < -0.39 is 4.33 Å². The summed E-state index contributed by atoms with van der Waals surface area (Å²) in [6, 6.07) is 8.49. The second-order valence-corrected chi connectivity index (χ2v) is 7.53. The van der Waals surface area contributed by atoms with Gasteiger partial charge >= 0.3 is 0 Å². The Morgan fingerprint density at radius 2 is 1.40 bits per heavy atom. The van der Waals surface area contributed by atoms with Gasteiger partial charge in [0, 0.05) is 6.42 Å². The maximum Gasteiger partial charge on any atom is 0.122 e. The highest BCUT2D eigenvalue weighted by Crippen LogP contribution is 2.32. The van der Waals surface area contributed by atoms with Gasteiger partial charge in [0.05, 0.1) is 0 Å². The standard InChI is InChI=1S/C18H28Cl2/c1-3-4-5-6-7-8-9-14-18(19,20)15-17-12-10-16(2)11-13-17/h10-13H,3-9,14-15H2,1-2H3. The number of hydrogen-bond donors (Lipinski definition) is 0. The number of alkyl halides is 2. The highest BCUT2D eigenvalue weighted by atomic mass is 35.5. The largest absolute Gasteiger partial charge is 0.122 e. The first-order valence-electron chi connectivity index (χ1n) is 7.97. The Labute approximate surface area is 134 Å².